The first-order valence-corrected chi connectivity index (χ1v) is 4.18. The fourth-order valence-electron chi connectivity index (χ4n) is 1.19. The molecule has 0 saturated carbocycles. The van der Waals surface area contributed by atoms with Gasteiger partial charge in [-0.25, -0.2) is 9.59 Å². The van der Waals surface area contributed by atoms with E-state index < -0.39 is 18.4 Å². The van der Waals surface area contributed by atoms with Crippen LogP contribution in [0.1, 0.15) is 0 Å². The normalized spacial score (nSPS) is 20.0. The Kier molecular flexibility index (Phi) is 3.48. The Morgan fingerprint density at radius 3 is 2.53 bits per heavy atom. The molecule has 0 aromatic rings. The zero-order chi connectivity index (χ0) is 11.4. The zero-order valence-corrected chi connectivity index (χ0v) is 8.39. The Labute approximate surface area is 85.9 Å². The van der Waals surface area contributed by atoms with Gasteiger partial charge in [-0.15, -0.1) is 0 Å². The van der Waals surface area contributed by atoms with Crippen molar-refractivity contribution in [2.45, 2.75) is 6.10 Å². The second-order valence-corrected chi connectivity index (χ2v) is 2.88. The van der Waals surface area contributed by atoms with E-state index in [0.29, 0.717) is 0 Å². The van der Waals surface area contributed by atoms with Gasteiger partial charge in [0, 0.05) is 0 Å². The van der Waals surface area contributed by atoms with Crippen molar-refractivity contribution < 1.29 is 28.6 Å². The lowest BCUT2D eigenvalue weighted by atomic mass is 10.3. The average molecular weight is 217 g/mol. The number of nitrogens with zero attached hydrogens (tertiary/aromatic N) is 1. The quantitative estimate of drug-likeness (QED) is 0.565. The summed E-state index contributed by atoms with van der Waals surface area (Å²) in [5.41, 5.74) is 0. The highest BCUT2D eigenvalue weighted by molar-refractivity contribution is 5.92. The molecular formula is C8H11NO6. The van der Waals surface area contributed by atoms with Crippen molar-refractivity contribution in [2.75, 3.05) is 27.3 Å². The second kappa shape index (κ2) is 4.63. The Morgan fingerprint density at radius 1 is 1.33 bits per heavy atom. The molecular weight excluding hydrogens is 206 g/mol. The van der Waals surface area contributed by atoms with Crippen LogP contribution in [-0.2, 0) is 19.0 Å². The molecule has 1 aliphatic heterocycles. The fourth-order valence-corrected chi connectivity index (χ4v) is 1.19. The average Bonchev–Trinajstić information content (AvgIpc) is 2.59. The summed E-state index contributed by atoms with van der Waals surface area (Å²) in [7, 11) is 2.35. The van der Waals surface area contributed by atoms with Gasteiger partial charge in [0.1, 0.15) is 0 Å². The molecule has 0 radical (unpaired) electrons. The van der Waals surface area contributed by atoms with Crippen molar-refractivity contribution in [2.24, 2.45) is 0 Å². The van der Waals surface area contributed by atoms with E-state index in [1.165, 1.54) is 7.11 Å². The van der Waals surface area contributed by atoms with Crippen LogP contribution in [0.25, 0.3) is 0 Å². The summed E-state index contributed by atoms with van der Waals surface area (Å²) in [5, 5.41) is 0. The highest BCUT2D eigenvalue weighted by Gasteiger charge is 2.37. The maximum Gasteiger partial charge on any atom is 0.508 e. The molecule has 0 aromatic heterocycles. The first kappa shape index (κ1) is 11.3. The molecule has 7 nitrogen and oxygen atoms in total. The van der Waals surface area contributed by atoms with E-state index in [0.717, 1.165) is 12.0 Å². The van der Waals surface area contributed by atoms with Crippen molar-refractivity contribution in [3.63, 3.8) is 0 Å². The molecule has 15 heavy (non-hydrogen) atoms. The topological polar surface area (TPSA) is 82.1 Å². The summed E-state index contributed by atoms with van der Waals surface area (Å²) >= 11 is 0. The Morgan fingerprint density at radius 2 is 2.00 bits per heavy atom. The lowest BCUT2D eigenvalue weighted by Gasteiger charge is -2.12. The summed E-state index contributed by atoms with van der Waals surface area (Å²) in [6.45, 7) is -0.116. The molecule has 1 aliphatic rings. The maximum absolute atomic E-state index is 11.3. The van der Waals surface area contributed by atoms with E-state index in [1.54, 1.807) is 0 Å². The van der Waals surface area contributed by atoms with Crippen LogP contribution >= 0.6 is 0 Å². The third-order valence-electron chi connectivity index (χ3n) is 1.93. The SMILES string of the molecule is COC(=O)OC1CN(C(=O)OC)CC1=O. The van der Waals surface area contributed by atoms with Gasteiger partial charge in [0.25, 0.3) is 0 Å². The number of amides is 1. The highest BCUT2D eigenvalue weighted by Crippen LogP contribution is 2.11. The van der Waals surface area contributed by atoms with E-state index in [1.807, 2.05) is 0 Å². The van der Waals surface area contributed by atoms with Gasteiger partial charge < -0.3 is 14.2 Å². The van der Waals surface area contributed by atoms with Crippen molar-refractivity contribution >= 4 is 18.0 Å². The van der Waals surface area contributed by atoms with Crippen molar-refractivity contribution in [1.29, 1.82) is 0 Å². The number of likely N-dealkylation sites (tertiary alicyclic amines) is 1. The Balaban J connectivity index is 2.53. The molecule has 0 bridgehead atoms. The number of ketones is 1. The van der Waals surface area contributed by atoms with Gasteiger partial charge in [0.15, 0.2) is 11.9 Å². The smallest absolute Gasteiger partial charge is 0.453 e. The van der Waals surface area contributed by atoms with E-state index in [2.05, 4.69) is 14.2 Å². The van der Waals surface area contributed by atoms with Gasteiger partial charge in [-0.1, -0.05) is 0 Å². The van der Waals surface area contributed by atoms with Gasteiger partial charge in [0.2, 0.25) is 0 Å². The van der Waals surface area contributed by atoms with Crippen LogP contribution in [0.3, 0.4) is 0 Å². The fraction of sp³-hybridized carbons (Fsp3) is 0.625. The summed E-state index contributed by atoms with van der Waals surface area (Å²) < 4.78 is 13.3. The number of hydrogen-bond donors (Lipinski definition) is 0. The zero-order valence-electron chi connectivity index (χ0n) is 8.39. The minimum absolute atomic E-state index is 0.000602. The van der Waals surface area contributed by atoms with Gasteiger partial charge in [-0.05, 0) is 0 Å². The first-order valence-electron chi connectivity index (χ1n) is 4.18. The van der Waals surface area contributed by atoms with Crippen LogP contribution in [0.15, 0.2) is 0 Å². The molecule has 1 unspecified atom stereocenters. The van der Waals surface area contributed by atoms with Crippen molar-refractivity contribution in [3.05, 3.63) is 0 Å². The monoisotopic (exact) mass is 217 g/mol. The van der Waals surface area contributed by atoms with Gasteiger partial charge in [-0.2, -0.15) is 0 Å². The number of carbonyl (C=O) groups excluding carboxylic acids is 3. The minimum Gasteiger partial charge on any atom is -0.453 e. The molecule has 1 heterocycles. The van der Waals surface area contributed by atoms with Gasteiger partial charge in [-0.3, -0.25) is 9.69 Å². The molecule has 0 aliphatic carbocycles. The molecule has 7 heteroatoms. The van der Waals surface area contributed by atoms with Crippen LogP contribution in [0, 0.1) is 0 Å². The lowest BCUT2D eigenvalue weighted by Crippen LogP contribution is -2.30. The predicted molar refractivity (Wildman–Crippen MR) is 46.3 cm³/mol. The van der Waals surface area contributed by atoms with Crippen LogP contribution in [-0.4, -0.2) is 56.3 Å². The van der Waals surface area contributed by atoms with Crippen LogP contribution < -0.4 is 0 Å². The lowest BCUT2D eigenvalue weighted by molar-refractivity contribution is -0.124. The van der Waals surface area contributed by atoms with Crippen LogP contribution in [0.4, 0.5) is 9.59 Å². The number of ether oxygens (including phenoxy) is 3. The second-order valence-electron chi connectivity index (χ2n) is 2.88. The molecule has 84 valence electrons. The van der Waals surface area contributed by atoms with E-state index in [-0.39, 0.29) is 18.9 Å². The van der Waals surface area contributed by atoms with E-state index in [4.69, 9.17) is 0 Å². The summed E-state index contributed by atoms with van der Waals surface area (Å²) in [6.07, 6.45) is -2.53. The molecule has 0 aromatic carbocycles. The maximum atomic E-state index is 11.3. The Bertz CT molecular complexity index is 289. The summed E-state index contributed by atoms with van der Waals surface area (Å²) in [6, 6.07) is 0. The minimum atomic E-state index is -0.962. The number of Topliss-reactive ketones (excluding diaryl/α,β-unsaturated/α-hetero) is 1. The third-order valence-corrected chi connectivity index (χ3v) is 1.93. The number of methoxy groups -OCH3 is 2. The third kappa shape index (κ3) is 2.58. The predicted octanol–water partition coefficient (Wildman–Crippen LogP) is -0.211. The van der Waals surface area contributed by atoms with Crippen LogP contribution in [0.5, 0.6) is 0 Å². The molecule has 1 fully saturated rings. The molecule has 1 saturated heterocycles. The first-order chi connectivity index (χ1) is 7.08. The van der Waals surface area contributed by atoms with Crippen molar-refractivity contribution in [1.82, 2.24) is 4.90 Å². The number of rotatable bonds is 1. The molecule has 1 amide bonds. The largest absolute Gasteiger partial charge is 0.508 e. The summed E-state index contributed by atoms with van der Waals surface area (Å²) in [4.78, 5) is 34.2. The highest BCUT2D eigenvalue weighted by atomic mass is 16.7. The van der Waals surface area contributed by atoms with Crippen molar-refractivity contribution in [3.8, 4) is 0 Å². The van der Waals surface area contributed by atoms with Gasteiger partial charge >= 0.3 is 12.2 Å². The van der Waals surface area contributed by atoms with E-state index >= 15 is 0 Å². The molecule has 1 rings (SSSR count). The van der Waals surface area contributed by atoms with Gasteiger partial charge in [0.05, 0.1) is 27.3 Å². The Hall–Kier alpha value is -1.79. The van der Waals surface area contributed by atoms with E-state index in [9.17, 15) is 14.4 Å². The molecule has 0 N–H and O–H groups in total. The number of hydrogen-bond acceptors (Lipinski definition) is 6. The van der Waals surface area contributed by atoms with Crippen LogP contribution in [0.2, 0.25) is 0 Å². The summed E-state index contributed by atoms with van der Waals surface area (Å²) in [5.74, 6) is -0.356. The molecule has 0 spiro atoms. The molecule has 1 atom stereocenters. The number of carbonyl (C=O) groups is 3. The standard InChI is InChI=1S/C8H11NO6/c1-13-7(11)9-3-5(10)6(4-9)15-8(12)14-2/h6H,3-4H2,1-2H3.